The van der Waals surface area contributed by atoms with Gasteiger partial charge in [0.05, 0.1) is 15.8 Å². The van der Waals surface area contributed by atoms with Crippen LogP contribution in [0.3, 0.4) is 0 Å². The Kier molecular flexibility index (Phi) is 5.44. The minimum atomic E-state index is -0.0857. The lowest BCUT2D eigenvalue weighted by atomic mass is 10.2. The first-order chi connectivity index (χ1) is 9.65. The Labute approximate surface area is 127 Å². The zero-order valence-electron chi connectivity index (χ0n) is 11.2. The molecule has 0 saturated heterocycles. The standard InChI is InChI=1S/C15H16ClNO2S/c1-11-4-2-5-12(10-11)19-9-3-8-17-15(18)13-6-7-14(16)20-13/h2,4-7,10H,3,8-9H2,1H3,(H,17,18). The molecule has 3 nitrogen and oxygen atoms in total. The number of thiophene rings is 1. The summed E-state index contributed by atoms with van der Waals surface area (Å²) in [7, 11) is 0. The van der Waals surface area contributed by atoms with Gasteiger partial charge in [-0.3, -0.25) is 4.79 Å². The van der Waals surface area contributed by atoms with Crippen LogP contribution in [0.25, 0.3) is 0 Å². The number of hydrogen-bond acceptors (Lipinski definition) is 3. The van der Waals surface area contributed by atoms with E-state index in [9.17, 15) is 4.79 Å². The second kappa shape index (κ2) is 7.31. The maximum Gasteiger partial charge on any atom is 0.261 e. The molecular formula is C15H16ClNO2S. The molecule has 1 heterocycles. The van der Waals surface area contributed by atoms with Gasteiger partial charge in [-0.1, -0.05) is 23.7 Å². The van der Waals surface area contributed by atoms with Crippen LogP contribution in [0.1, 0.15) is 21.7 Å². The van der Waals surface area contributed by atoms with Crippen molar-refractivity contribution < 1.29 is 9.53 Å². The van der Waals surface area contributed by atoms with Gasteiger partial charge in [0.1, 0.15) is 5.75 Å². The molecule has 0 aliphatic carbocycles. The molecule has 0 aliphatic rings. The topological polar surface area (TPSA) is 38.3 Å². The summed E-state index contributed by atoms with van der Waals surface area (Å²) in [5.74, 6) is 0.777. The lowest BCUT2D eigenvalue weighted by molar-refractivity contribution is 0.0955. The van der Waals surface area contributed by atoms with E-state index in [0.717, 1.165) is 12.2 Å². The van der Waals surface area contributed by atoms with Crippen molar-refractivity contribution in [2.75, 3.05) is 13.2 Å². The molecule has 0 unspecified atom stereocenters. The van der Waals surface area contributed by atoms with E-state index in [0.29, 0.717) is 22.4 Å². The summed E-state index contributed by atoms with van der Waals surface area (Å²) in [5, 5.41) is 2.84. The summed E-state index contributed by atoms with van der Waals surface area (Å²) < 4.78 is 6.23. The first kappa shape index (κ1) is 14.9. The number of ether oxygens (including phenoxy) is 1. The van der Waals surface area contributed by atoms with Gasteiger partial charge < -0.3 is 10.1 Å². The van der Waals surface area contributed by atoms with E-state index in [4.69, 9.17) is 16.3 Å². The average Bonchev–Trinajstić information content (AvgIpc) is 2.85. The molecule has 0 saturated carbocycles. The third-order valence-electron chi connectivity index (χ3n) is 2.66. The Bertz CT molecular complexity index is 583. The second-order valence-electron chi connectivity index (χ2n) is 4.38. The van der Waals surface area contributed by atoms with E-state index in [2.05, 4.69) is 5.32 Å². The highest BCUT2D eigenvalue weighted by Gasteiger charge is 2.07. The van der Waals surface area contributed by atoms with E-state index >= 15 is 0 Å². The fourth-order valence-corrected chi connectivity index (χ4v) is 2.65. The number of amides is 1. The van der Waals surface area contributed by atoms with Crippen molar-refractivity contribution in [1.29, 1.82) is 0 Å². The molecule has 0 radical (unpaired) electrons. The molecule has 1 N–H and O–H groups in total. The molecule has 0 atom stereocenters. The number of carbonyl (C=O) groups is 1. The van der Waals surface area contributed by atoms with Crippen molar-refractivity contribution in [2.24, 2.45) is 0 Å². The maximum absolute atomic E-state index is 11.7. The smallest absolute Gasteiger partial charge is 0.261 e. The van der Waals surface area contributed by atoms with Crippen molar-refractivity contribution in [3.8, 4) is 5.75 Å². The number of rotatable bonds is 6. The summed E-state index contributed by atoms with van der Waals surface area (Å²) in [6, 6.07) is 11.4. The van der Waals surface area contributed by atoms with Crippen molar-refractivity contribution in [3.05, 3.63) is 51.2 Å². The Morgan fingerprint density at radius 1 is 1.35 bits per heavy atom. The fourth-order valence-electron chi connectivity index (χ4n) is 1.69. The molecule has 0 aliphatic heterocycles. The minimum Gasteiger partial charge on any atom is -0.494 e. The number of aryl methyl sites for hydroxylation is 1. The zero-order chi connectivity index (χ0) is 14.4. The number of halogens is 1. The van der Waals surface area contributed by atoms with Gasteiger partial charge in [0.25, 0.3) is 5.91 Å². The van der Waals surface area contributed by atoms with E-state index in [1.165, 1.54) is 16.9 Å². The molecule has 0 bridgehead atoms. The highest BCUT2D eigenvalue weighted by Crippen LogP contribution is 2.21. The van der Waals surface area contributed by atoms with Gasteiger partial charge in [0.2, 0.25) is 0 Å². The lowest BCUT2D eigenvalue weighted by Crippen LogP contribution is -2.24. The predicted octanol–water partition coefficient (Wildman–Crippen LogP) is 3.91. The number of carbonyl (C=O) groups excluding carboxylic acids is 1. The molecule has 2 rings (SSSR count). The van der Waals surface area contributed by atoms with Crippen molar-refractivity contribution >= 4 is 28.8 Å². The van der Waals surface area contributed by atoms with Crippen LogP contribution in [0.2, 0.25) is 4.34 Å². The Morgan fingerprint density at radius 3 is 2.90 bits per heavy atom. The largest absolute Gasteiger partial charge is 0.494 e. The normalized spacial score (nSPS) is 10.3. The van der Waals surface area contributed by atoms with Gasteiger partial charge in [-0.2, -0.15) is 0 Å². The first-order valence-corrected chi connectivity index (χ1v) is 7.57. The Balaban J connectivity index is 1.65. The average molecular weight is 310 g/mol. The zero-order valence-corrected chi connectivity index (χ0v) is 12.8. The Hall–Kier alpha value is -1.52. The van der Waals surface area contributed by atoms with E-state index in [-0.39, 0.29) is 5.91 Å². The summed E-state index contributed by atoms with van der Waals surface area (Å²) in [6.45, 7) is 3.19. The predicted molar refractivity (Wildman–Crippen MR) is 83.0 cm³/mol. The summed E-state index contributed by atoms with van der Waals surface area (Å²) in [6.07, 6.45) is 0.763. The van der Waals surface area contributed by atoms with Crippen LogP contribution < -0.4 is 10.1 Å². The maximum atomic E-state index is 11.7. The molecule has 5 heteroatoms. The molecule has 0 fully saturated rings. The van der Waals surface area contributed by atoms with Crippen molar-refractivity contribution in [3.63, 3.8) is 0 Å². The summed E-state index contributed by atoms with van der Waals surface area (Å²) in [4.78, 5) is 12.4. The highest BCUT2D eigenvalue weighted by atomic mass is 35.5. The SMILES string of the molecule is Cc1cccc(OCCCNC(=O)c2ccc(Cl)s2)c1. The van der Waals surface area contributed by atoms with Crippen LogP contribution in [0.15, 0.2) is 36.4 Å². The quantitative estimate of drug-likeness (QED) is 0.822. The summed E-state index contributed by atoms with van der Waals surface area (Å²) in [5.41, 5.74) is 1.17. The van der Waals surface area contributed by atoms with Crippen LogP contribution in [-0.4, -0.2) is 19.1 Å². The van der Waals surface area contributed by atoms with E-state index in [1.54, 1.807) is 12.1 Å². The van der Waals surface area contributed by atoms with Gasteiger partial charge in [0.15, 0.2) is 0 Å². The van der Waals surface area contributed by atoms with Crippen LogP contribution in [-0.2, 0) is 0 Å². The monoisotopic (exact) mass is 309 g/mol. The molecular weight excluding hydrogens is 294 g/mol. The van der Waals surface area contributed by atoms with Gasteiger partial charge in [-0.15, -0.1) is 11.3 Å². The third kappa shape index (κ3) is 4.54. The van der Waals surface area contributed by atoms with Crippen LogP contribution in [0.5, 0.6) is 5.75 Å². The number of nitrogens with one attached hydrogen (secondary N) is 1. The van der Waals surface area contributed by atoms with E-state index < -0.39 is 0 Å². The van der Waals surface area contributed by atoms with Gasteiger partial charge in [0, 0.05) is 6.54 Å². The van der Waals surface area contributed by atoms with Crippen molar-refractivity contribution in [2.45, 2.75) is 13.3 Å². The molecule has 20 heavy (non-hydrogen) atoms. The first-order valence-electron chi connectivity index (χ1n) is 6.38. The van der Waals surface area contributed by atoms with Crippen molar-refractivity contribution in [1.82, 2.24) is 5.32 Å². The van der Waals surface area contributed by atoms with E-state index in [1.807, 2.05) is 31.2 Å². The van der Waals surface area contributed by atoms with Gasteiger partial charge in [-0.25, -0.2) is 0 Å². The summed E-state index contributed by atoms with van der Waals surface area (Å²) >= 11 is 7.07. The molecule has 1 amide bonds. The van der Waals surface area contributed by atoms with Crippen LogP contribution in [0.4, 0.5) is 0 Å². The highest BCUT2D eigenvalue weighted by molar-refractivity contribution is 7.17. The fraction of sp³-hybridized carbons (Fsp3) is 0.267. The molecule has 1 aromatic carbocycles. The molecule has 1 aromatic heterocycles. The van der Waals surface area contributed by atoms with Crippen LogP contribution in [0, 0.1) is 6.92 Å². The van der Waals surface area contributed by atoms with Gasteiger partial charge in [-0.05, 0) is 43.2 Å². The molecule has 2 aromatic rings. The second-order valence-corrected chi connectivity index (χ2v) is 6.09. The lowest BCUT2D eigenvalue weighted by Gasteiger charge is -2.07. The molecule has 106 valence electrons. The van der Waals surface area contributed by atoms with Crippen LogP contribution >= 0.6 is 22.9 Å². The Morgan fingerprint density at radius 2 is 2.20 bits per heavy atom. The number of benzene rings is 1. The molecule has 0 spiro atoms. The third-order valence-corrected chi connectivity index (χ3v) is 3.89. The minimum absolute atomic E-state index is 0.0857. The number of hydrogen-bond donors (Lipinski definition) is 1. The van der Waals surface area contributed by atoms with Gasteiger partial charge >= 0.3 is 0 Å².